The molecule has 0 aliphatic carbocycles. The Morgan fingerprint density at radius 3 is 2.55 bits per heavy atom. The van der Waals surface area contributed by atoms with Gasteiger partial charge < -0.3 is 9.67 Å². The third kappa shape index (κ3) is 2.52. The topological polar surface area (TPSA) is 42.2 Å². The zero-order chi connectivity index (χ0) is 14.9. The minimum atomic E-state index is -0.929. The molecule has 0 aliphatic heterocycles. The maximum Gasteiger partial charge on any atom is 0.328 e. The number of aryl methyl sites for hydroxylation is 2. The Balaban J connectivity index is 2.58. The van der Waals surface area contributed by atoms with Gasteiger partial charge in [-0.3, -0.25) is 0 Å². The van der Waals surface area contributed by atoms with E-state index in [-0.39, 0.29) is 0 Å². The monoisotopic (exact) mass is 269 g/mol. The summed E-state index contributed by atoms with van der Waals surface area (Å²) in [6.45, 7) is 8.25. The third-order valence-corrected chi connectivity index (χ3v) is 3.69. The maximum absolute atomic E-state index is 10.7. The molecule has 1 aromatic carbocycles. The number of aromatic nitrogens is 1. The molecular formula is C17H19NO2. The van der Waals surface area contributed by atoms with Gasteiger partial charge in [-0.05, 0) is 62.6 Å². The van der Waals surface area contributed by atoms with Crippen molar-refractivity contribution < 1.29 is 9.90 Å². The molecule has 1 aromatic heterocycles. The van der Waals surface area contributed by atoms with E-state index in [1.165, 1.54) is 17.2 Å². The maximum atomic E-state index is 10.7. The molecule has 0 radical (unpaired) electrons. The van der Waals surface area contributed by atoms with Gasteiger partial charge in [0.2, 0.25) is 0 Å². The van der Waals surface area contributed by atoms with E-state index in [0.717, 1.165) is 22.6 Å². The van der Waals surface area contributed by atoms with E-state index >= 15 is 0 Å². The summed E-state index contributed by atoms with van der Waals surface area (Å²) in [5.41, 5.74) is 6.72. The highest BCUT2D eigenvalue weighted by Gasteiger charge is 2.11. The molecule has 20 heavy (non-hydrogen) atoms. The van der Waals surface area contributed by atoms with Crippen molar-refractivity contribution in [1.29, 1.82) is 0 Å². The first-order valence-corrected chi connectivity index (χ1v) is 6.58. The Labute approximate surface area is 119 Å². The van der Waals surface area contributed by atoms with Crippen LogP contribution in [0.2, 0.25) is 0 Å². The standard InChI is InChI=1S/C17H19NO2/c1-11-6-5-7-16(13(11)3)18-12(2)10-15(14(18)4)8-9-17(19)20/h5-10H,1-4H3,(H,19,20). The predicted molar refractivity (Wildman–Crippen MR) is 81.4 cm³/mol. The van der Waals surface area contributed by atoms with E-state index in [1.54, 1.807) is 6.08 Å². The number of rotatable bonds is 3. The summed E-state index contributed by atoms with van der Waals surface area (Å²) in [5, 5.41) is 8.75. The Bertz CT molecular complexity index is 693. The molecule has 2 aromatic rings. The molecule has 0 bridgehead atoms. The quantitative estimate of drug-likeness (QED) is 0.861. The van der Waals surface area contributed by atoms with Crippen LogP contribution >= 0.6 is 0 Å². The molecule has 0 aliphatic rings. The number of carbonyl (C=O) groups is 1. The predicted octanol–water partition coefficient (Wildman–Crippen LogP) is 3.81. The van der Waals surface area contributed by atoms with Crippen molar-refractivity contribution in [2.45, 2.75) is 27.7 Å². The molecule has 0 atom stereocenters. The van der Waals surface area contributed by atoms with Crippen LogP contribution in [0.25, 0.3) is 11.8 Å². The van der Waals surface area contributed by atoms with Gasteiger partial charge in [-0.2, -0.15) is 0 Å². The highest BCUT2D eigenvalue weighted by molar-refractivity contribution is 5.85. The number of carboxylic acids is 1. The van der Waals surface area contributed by atoms with Crippen LogP contribution in [0, 0.1) is 27.7 Å². The van der Waals surface area contributed by atoms with E-state index in [9.17, 15) is 4.79 Å². The number of hydrogen-bond donors (Lipinski definition) is 1. The molecule has 0 amide bonds. The lowest BCUT2D eigenvalue weighted by Crippen LogP contribution is -2.02. The second-order valence-corrected chi connectivity index (χ2v) is 5.05. The minimum absolute atomic E-state index is 0.929. The molecule has 3 nitrogen and oxygen atoms in total. The van der Waals surface area contributed by atoms with E-state index in [0.29, 0.717) is 0 Å². The molecule has 0 saturated carbocycles. The number of benzene rings is 1. The fourth-order valence-corrected chi connectivity index (χ4v) is 2.47. The lowest BCUT2D eigenvalue weighted by molar-refractivity contribution is -0.131. The minimum Gasteiger partial charge on any atom is -0.478 e. The largest absolute Gasteiger partial charge is 0.478 e. The Hall–Kier alpha value is -2.29. The van der Waals surface area contributed by atoms with Gasteiger partial charge in [0, 0.05) is 23.2 Å². The number of nitrogens with zero attached hydrogens (tertiary/aromatic N) is 1. The third-order valence-electron chi connectivity index (χ3n) is 3.69. The summed E-state index contributed by atoms with van der Waals surface area (Å²) < 4.78 is 2.17. The highest BCUT2D eigenvalue weighted by atomic mass is 16.4. The van der Waals surface area contributed by atoms with Gasteiger partial charge in [0.05, 0.1) is 0 Å². The van der Waals surface area contributed by atoms with Crippen LogP contribution in [0.15, 0.2) is 30.3 Å². The van der Waals surface area contributed by atoms with Crippen LogP contribution < -0.4 is 0 Å². The smallest absolute Gasteiger partial charge is 0.328 e. The summed E-state index contributed by atoms with van der Waals surface area (Å²) in [6, 6.07) is 8.24. The molecule has 2 rings (SSSR count). The van der Waals surface area contributed by atoms with E-state index in [4.69, 9.17) is 5.11 Å². The van der Waals surface area contributed by atoms with Crippen LogP contribution in [-0.2, 0) is 4.79 Å². The van der Waals surface area contributed by atoms with Gasteiger partial charge in [-0.25, -0.2) is 4.79 Å². The zero-order valence-corrected chi connectivity index (χ0v) is 12.3. The fraction of sp³-hybridized carbons (Fsp3) is 0.235. The lowest BCUT2D eigenvalue weighted by atomic mass is 10.1. The molecule has 1 heterocycles. The van der Waals surface area contributed by atoms with Gasteiger partial charge >= 0.3 is 5.97 Å². The van der Waals surface area contributed by atoms with Crippen molar-refractivity contribution in [3.63, 3.8) is 0 Å². The Morgan fingerprint density at radius 2 is 1.90 bits per heavy atom. The second-order valence-electron chi connectivity index (χ2n) is 5.05. The average Bonchev–Trinajstić information content (AvgIpc) is 2.66. The van der Waals surface area contributed by atoms with Crippen LogP contribution in [0.5, 0.6) is 0 Å². The highest BCUT2D eigenvalue weighted by Crippen LogP contribution is 2.25. The Morgan fingerprint density at radius 1 is 1.20 bits per heavy atom. The first kappa shape index (κ1) is 14.1. The molecular weight excluding hydrogens is 250 g/mol. The van der Waals surface area contributed by atoms with E-state index < -0.39 is 5.97 Å². The van der Waals surface area contributed by atoms with Crippen LogP contribution in [0.4, 0.5) is 0 Å². The van der Waals surface area contributed by atoms with Crippen molar-refractivity contribution in [3.05, 3.63) is 58.4 Å². The first-order valence-electron chi connectivity index (χ1n) is 6.58. The van der Waals surface area contributed by atoms with Crippen molar-refractivity contribution >= 4 is 12.0 Å². The van der Waals surface area contributed by atoms with E-state index in [2.05, 4.69) is 30.5 Å². The zero-order valence-electron chi connectivity index (χ0n) is 12.3. The van der Waals surface area contributed by atoms with Crippen LogP contribution in [0.1, 0.15) is 28.1 Å². The first-order chi connectivity index (χ1) is 9.41. The van der Waals surface area contributed by atoms with Crippen molar-refractivity contribution in [3.8, 4) is 5.69 Å². The molecule has 1 N–H and O–H groups in total. The SMILES string of the molecule is Cc1cccc(-n2c(C)cc(C=CC(=O)O)c2C)c1C. The van der Waals surface area contributed by atoms with Gasteiger partial charge in [-0.15, -0.1) is 0 Å². The summed E-state index contributed by atoms with van der Waals surface area (Å²) in [6.07, 6.45) is 2.82. The second kappa shape index (κ2) is 5.37. The molecule has 0 unspecified atom stereocenters. The van der Waals surface area contributed by atoms with Crippen LogP contribution in [-0.4, -0.2) is 15.6 Å². The molecule has 0 spiro atoms. The van der Waals surface area contributed by atoms with Crippen molar-refractivity contribution in [2.24, 2.45) is 0 Å². The molecule has 0 fully saturated rings. The molecule has 104 valence electrons. The van der Waals surface area contributed by atoms with E-state index in [1.807, 2.05) is 26.0 Å². The number of carboxylic acid groups (broad SMARTS) is 1. The Kier molecular flexibility index (Phi) is 3.79. The van der Waals surface area contributed by atoms with Crippen molar-refractivity contribution in [1.82, 2.24) is 4.57 Å². The summed E-state index contributed by atoms with van der Waals surface area (Å²) in [7, 11) is 0. The lowest BCUT2D eigenvalue weighted by Gasteiger charge is -2.14. The summed E-state index contributed by atoms with van der Waals surface area (Å²) in [5.74, 6) is -0.929. The average molecular weight is 269 g/mol. The summed E-state index contributed by atoms with van der Waals surface area (Å²) in [4.78, 5) is 10.7. The fourth-order valence-electron chi connectivity index (χ4n) is 2.47. The van der Waals surface area contributed by atoms with Gasteiger partial charge in [0.1, 0.15) is 0 Å². The summed E-state index contributed by atoms with van der Waals surface area (Å²) >= 11 is 0. The van der Waals surface area contributed by atoms with Crippen molar-refractivity contribution in [2.75, 3.05) is 0 Å². The molecule has 3 heteroatoms. The molecule has 0 saturated heterocycles. The van der Waals surface area contributed by atoms with Gasteiger partial charge in [-0.1, -0.05) is 12.1 Å². The number of hydrogen-bond acceptors (Lipinski definition) is 1. The van der Waals surface area contributed by atoms with Gasteiger partial charge in [0.15, 0.2) is 0 Å². The van der Waals surface area contributed by atoms with Gasteiger partial charge in [0.25, 0.3) is 0 Å². The normalized spacial score (nSPS) is 11.2. The van der Waals surface area contributed by atoms with Crippen LogP contribution in [0.3, 0.4) is 0 Å². The number of aliphatic carboxylic acids is 1.